The summed E-state index contributed by atoms with van der Waals surface area (Å²) in [6, 6.07) is 19.6. The van der Waals surface area contributed by atoms with Gasteiger partial charge in [-0.3, -0.25) is 0 Å². The van der Waals surface area contributed by atoms with E-state index < -0.39 is 6.09 Å². The standard InChI is InChI=1S/C24H20N2O3/c27-23-13-7-15-25-22(23)12-5-6-14-26-24(28)29-16-21-19-10-3-1-8-17(19)18-9-2-4-11-20(18)21/h1-4,7-11,13,15,21,27H,6,14,16H2,(H,26,28). The molecule has 3 aromatic rings. The van der Waals surface area contributed by atoms with E-state index >= 15 is 0 Å². The molecule has 0 saturated heterocycles. The Balaban J connectivity index is 1.30. The maximum absolute atomic E-state index is 12.1. The highest BCUT2D eigenvalue weighted by molar-refractivity contribution is 5.79. The first kappa shape index (κ1) is 18.6. The Hall–Kier alpha value is -3.78. The maximum atomic E-state index is 12.1. The van der Waals surface area contributed by atoms with Gasteiger partial charge in [0, 0.05) is 25.1 Å². The summed E-state index contributed by atoms with van der Waals surface area (Å²) < 4.78 is 5.47. The van der Waals surface area contributed by atoms with Gasteiger partial charge in [-0.25, -0.2) is 9.78 Å². The Morgan fingerprint density at radius 1 is 1.03 bits per heavy atom. The SMILES string of the molecule is O=C(NCCC#Cc1ncccc1O)OCC1c2ccccc2-c2ccccc21. The number of carbonyl (C=O) groups is 1. The second-order valence-electron chi connectivity index (χ2n) is 6.68. The van der Waals surface area contributed by atoms with E-state index in [9.17, 15) is 9.90 Å². The van der Waals surface area contributed by atoms with Gasteiger partial charge in [-0.2, -0.15) is 0 Å². The van der Waals surface area contributed by atoms with Crippen LogP contribution in [0.25, 0.3) is 11.1 Å². The molecular weight excluding hydrogens is 364 g/mol. The zero-order valence-electron chi connectivity index (χ0n) is 15.8. The summed E-state index contributed by atoms with van der Waals surface area (Å²) in [7, 11) is 0. The van der Waals surface area contributed by atoms with Crippen LogP contribution in [-0.2, 0) is 4.74 Å². The van der Waals surface area contributed by atoms with E-state index in [-0.39, 0.29) is 18.3 Å². The summed E-state index contributed by atoms with van der Waals surface area (Å²) in [5.74, 6) is 5.75. The number of hydrogen-bond donors (Lipinski definition) is 2. The van der Waals surface area contributed by atoms with Crippen LogP contribution < -0.4 is 5.32 Å². The molecule has 0 unspecified atom stereocenters. The fraction of sp³-hybridized carbons (Fsp3) is 0.167. The topological polar surface area (TPSA) is 71.5 Å². The summed E-state index contributed by atoms with van der Waals surface area (Å²) >= 11 is 0. The van der Waals surface area contributed by atoms with Crippen molar-refractivity contribution in [1.29, 1.82) is 0 Å². The van der Waals surface area contributed by atoms with Crippen molar-refractivity contribution in [3.63, 3.8) is 0 Å². The monoisotopic (exact) mass is 384 g/mol. The van der Waals surface area contributed by atoms with Gasteiger partial charge >= 0.3 is 6.09 Å². The third kappa shape index (κ3) is 4.07. The highest BCUT2D eigenvalue weighted by atomic mass is 16.5. The molecule has 0 atom stereocenters. The number of nitrogens with one attached hydrogen (secondary N) is 1. The van der Waals surface area contributed by atoms with Crippen molar-refractivity contribution >= 4 is 6.09 Å². The molecule has 0 aliphatic heterocycles. The summed E-state index contributed by atoms with van der Waals surface area (Å²) in [6.45, 7) is 0.643. The highest BCUT2D eigenvalue weighted by Gasteiger charge is 2.28. The molecule has 5 heteroatoms. The predicted octanol–water partition coefficient (Wildman–Crippen LogP) is 4.07. The average Bonchev–Trinajstić information content (AvgIpc) is 3.07. The molecule has 1 heterocycles. The van der Waals surface area contributed by atoms with Crippen LogP contribution in [0.1, 0.15) is 29.2 Å². The summed E-state index contributed by atoms with van der Waals surface area (Å²) in [6.07, 6.45) is 1.54. The predicted molar refractivity (Wildman–Crippen MR) is 110 cm³/mol. The zero-order chi connectivity index (χ0) is 20.1. The van der Waals surface area contributed by atoms with Crippen LogP contribution in [0.5, 0.6) is 5.75 Å². The number of hydrogen-bond acceptors (Lipinski definition) is 4. The number of aromatic hydroxyl groups is 1. The van der Waals surface area contributed by atoms with Gasteiger partial charge in [-0.05, 0) is 40.3 Å². The van der Waals surface area contributed by atoms with Gasteiger partial charge in [-0.15, -0.1) is 0 Å². The lowest BCUT2D eigenvalue weighted by atomic mass is 9.98. The number of pyridine rings is 1. The first-order chi connectivity index (χ1) is 14.2. The number of nitrogens with zero attached hydrogens (tertiary/aromatic N) is 1. The molecule has 1 aliphatic carbocycles. The van der Waals surface area contributed by atoms with Crippen LogP contribution in [-0.4, -0.2) is 29.3 Å². The molecule has 0 radical (unpaired) electrons. The van der Waals surface area contributed by atoms with Crippen molar-refractivity contribution in [3.05, 3.63) is 83.7 Å². The van der Waals surface area contributed by atoms with Gasteiger partial charge in [0.25, 0.3) is 0 Å². The minimum absolute atomic E-state index is 0.0417. The molecule has 0 fully saturated rings. The first-order valence-electron chi connectivity index (χ1n) is 9.46. The van der Waals surface area contributed by atoms with Crippen molar-refractivity contribution < 1.29 is 14.6 Å². The van der Waals surface area contributed by atoms with Gasteiger partial charge in [0.15, 0.2) is 5.69 Å². The smallest absolute Gasteiger partial charge is 0.407 e. The lowest BCUT2D eigenvalue weighted by Gasteiger charge is -2.14. The number of fused-ring (bicyclic) bond motifs is 3. The normalized spacial score (nSPS) is 11.7. The fourth-order valence-corrected chi connectivity index (χ4v) is 3.52. The van der Waals surface area contributed by atoms with E-state index in [4.69, 9.17) is 4.74 Å². The van der Waals surface area contributed by atoms with Crippen LogP contribution in [0.2, 0.25) is 0 Å². The van der Waals surface area contributed by atoms with Crippen molar-refractivity contribution in [2.24, 2.45) is 0 Å². The Morgan fingerprint density at radius 2 is 1.72 bits per heavy atom. The molecule has 29 heavy (non-hydrogen) atoms. The van der Waals surface area contributed by atoms with Gasteiger partial charge < -0.3 is 15.2 Å². The maximum Gasteiger partial charge on any atom is 0.407 e. The van der Waals surface area contributed by atoms with Crippen molar-refractivity contribution in [1.82, 2.24) is 10.3 Å². The van der Waals surface area contributed by atoms with E-state index in [0.29, 0.717) is 18.7 Å². The Labute approximate surface area is 169 Å². The number of benzene rings is 2. The van der Waals surface area contributed by atoms with Gasteiger partial charge in [0.2, 0.25) is 0 Å². The number of aromatic nitrogens is 1. The van der Waals surface area contributed by atoms with E-state index in [1.54, 1.807) is 12.3 Å². The first-order valence-corrected chi connectivity index (χ1v) is 9.46. The van der Waals surface area contributed by atoms with Gasteiger partial charge in [0.1, 0.15) is 12.4 Å². The van der Waals surface area contributed by atoms with Crippen LogP contribution in [0.4, 0.5) is 4.79 Å². The summed E-state index contributed by atoms with van der Waals surface area (Å²) in [4.78, 5) is 16.1. The number of carbonyl (C=O) groups excluding carboxylic acids is 1. The second-order valence-corrected chi connectivity index (χ2v) is 6.68. The Morgan fingerprint density at radius 3 is 2.41 bits per heavy atom. The lowest BCUT2D eigenvalue weighted by Crippen LogP contribution is -2.26. The molecule has 1 amide bonds. The second kappa shape index (κ2) is 8.49. The van der Waals surface area contributed by atoms with Crippen LogP contribution in [0.15, 0.2) is 66.9 Å². The van der Waals surface area contributed by atoms with Gasteiger partial charge in [-0.1, -0.05) is 54.5 Å². The van der Waals surface area contributed by atoms with Crippen LogP contribution >= 0.6 is 0 Å². The van der Waals surface area contributed by atoms with Crippen molar-refractivity contribution in [2.75, 3.05) is 13.2 Å². The molecule has 0 bridgehead atoms. The summed E-state index contributed by atoms with van der Waals surface area (Å²) in [5.41, 5.74) is 5.09. The third-order valence-electron chi connectivity index (χ3n) is 4.86. The molecule has 1 aliphatic rings. The van der Waals surface area contributed by atoms with E-state index in [1.807, 2.05) is 24.3 Å². The Bertz CT molecular complexity index is 1050. The third-order valence-corrected chi connectivity index (χ3v) is 4.86. The average molecular weight is 384 g/mol. The largest absolute Gasteiger partial charge is 0.505 e. The van der Waals surface area contributed by atoms with E-state index in [0.717, 1.165) is 0 Å². The molecule has 5 nitrogen and oxygen atoms in total. The summed E-state index contributed by atoms with van der Waals surface area (Å²) in [5, 5.41) is 12.3. The molecule has 4 rings (SSSR count). The van der Waals surface area contributed by atoms with Crippen molar-refractivity contribution in [2.45, 2.75) is 12.3 Å². The Kier molecular flexibility index (Phi) is 5.44. The molecule has 0 spiro atoms. The molecular formula is C24H20N2O3. The quantitative estimate of drug-likeness (QED) is 0.525. The number of alkyl carbamates (subject to hydrolysis) is 1. The highest BCUT2D eigenvalue weighted by Crippen LogP contribution is 2.44. The van der Waals surface area contributed by atoms with Crippen molar-refractivity contribution in [3.8, 4) is 28.7 Å². The zero-order valence-corrected chi connectivity index (χ0v) is 15.8. The lowest BCUT2D eigenvalue weighted by molar-refractivity contribution is 0.143. The number of rotatable bonds is 4. The van der Waals surface area contributed by atoms with Gasteiger partial charge in [0.05, 0.1) is 0 Å². The minimum Gasteiger partial charge on any atom is -0.505 e. The minimum atomic E-state index is -0.464. The van der Waals surface area contributed by atoms with E-state index in [2.05, 4.69) is 46.4 Å². The molecule has 2 aromatic carbocycles. The molecule has 0 saturated carbocycles. The molecule has 2 N–H and O–H groups in total. The number of amides is 1. The van der Waals surface area contributed by atoms with Crippen LogP contribution in [0, 0.1) is 11.8 Å². The number of ether oxygens (including phenoxy) is 1. The fourth-order valence-electron chi connectivity index (χ4n) is 3.52. The van der Waals surface area contributed by atoms with Crippen LogP contribution in [0.3, 0.4) is 0 Å². The van der Waals surface area contributed by atoms with E-state index in [1.165, 1.54) is 28.3 Å². The molecule has 1 aromatic heterocycles. The molecule has 144 valence electrons.